The molecule has 0 spiro atoms. The zero-order chi connectivity index (χ0) is 10.1. The van der Waals surface area contributed by atoms with E-state index in [9.17, 15) is 4.39 Å². The Hall–Kier alpha value is -0.190. The molecule has 2 atom stereocenters. The van der Waals surface area contributed by atoms with Gasteiger partial charge >= 0.3 is 0 Å². The molecule has 0 aliphatic carbocycles. The molecular weight excluding hydrogens is 171 g/mol. The molecule has 1 heterocycles. The number of likely N-dealkylation sites (tertiary alicyclic amines) is 1. The van der Waals surface area contributed by atoms with E-state index in [4.69, 9.17) is 10.8 Å². The highest BCUT2D eigenvalue weighted by molar-refractivity contribution is 4.93. The van der Waals surface area contributed by atoms with Crippen LogP contribution in [0.2, 0.25) is 0 Å². The first-order valence-corrected chi connectivity index (χ1v) is 4.67. The van der Waals surface area contributed by atoms with Gasteiger partial charge in [0.05, 0.1) is 6.10 Å². The molecule has 4 heteroatoms. The number of hydrogen-bond donors (Lipinski definition) is 2. The number of halogens is 1. The van der Waals surface area contributed by atoms with E-state index < -0.39 is 12.8 Å². The fourth-order valence-corrected chi connectivity index (χ4v) is 1.77. The molecule has 1 rings (SSSR count). The van der Waals surface area contributed by atoms with Crippen molar-refractivity contribution in [3.05, 3.63) is 0 Å². The number of nitrogens with two attached hydrogens (primary N) is 1. The van der Waals surface area contributed by atoms with Crippen molar-refractivity contribution in [2.45, 2.75) is 26.0 Å². The second kappa shape index (κ2) is 3.90. The maximum atomic E-state index is 12.0. The van der Waals surface area contributed by atoms with Gasteiger partial charge in [0, 0.05) is 25.7 Å². The first-order chi connectivity index (χ1) is 5.95. The minimum absolute atomic E-state index is 0.0794. The standard InChI is InChI=1S/C9H19FN2O/c1-9(2)6-12(5-8(9)11)4-7(13)3-10/h7-8,13H,3-6,11H2,1-2H3. The molecule has 0 radical (unpaired) electrons. The Kier molecular flexibility index (Phi) is 3.27. The zero-order valence-electron chi connectivity index (χ0n) is 8.33. The lowest BCUT2D eigenvalue weighted by atomic mass is 9.89. The number of rotatable bonds is 3. The van der Waals surface area contributed by atoms with E-state index in [2.05, 4.69) is 13.8 Å². The monoisotopic (exact) mass is 190 g/mol. The Labute approximate surface area is 78.7 Å². The van der Waals surface area contributed by atoms with Crippen LogP contribution in [0, 0.1) is 5.41 Å². The van der Waals surface area contributed by atoms with Crippen molar-refractivity contribution in [3.8, 4) is 0 Å². The summed E-state index contributed by atoms with van der Waals surface area (Å²) in [6.07, 6.45) is -0.860. The Balaban J connectivity index is 2.40. The van der Waals surface area contributed by atoms with Crippen LogP contribution < -0.4 is 5.73 Å². The van der Waals surface area contributed by atoms with E-state index in [-0.39, 0.29) is 11.5 Å². The average molecular weight is 190 g/mol. The molecule has 3 N–H and O–H groups in total. The highest BCUT2D eigenvalue weighted by atomic mass is 19.1. The number of alkyl halides is 1. The van der Waals surface area contributed by atoms with E-state index in [1.165, 1.54) is 0 Å². The van der Waals surface area contributed by atoms with Crippen LogP contribution in [0.5, 0.6) is 0 Å². The molecule has 0 bridgehead atoms. The van der Waals surface area contributed by atoms with Crippen molar-refractivity contribution in [2.24, 2.45) is 11.1 Å². The van der Waals surface area contributed by atoms with Crippen LogP contribution in [0.25, 0.3) is 0 Å². The molecule has 0 aromatic rings. The third-order valence-electron chi connectivity index (χ3n) is 2.74. The van der Waals surface area contributed by atoms with Crippen LogP contribution in [-0.2, 0) is 0 Å². The molecule has 3 nitrogen and oxygen atoms in total. The topological polar surface area (TPSA) is 49.5 Å². The number of aliphatic hydroxyl groups is 1. The summed E-state index contributed by atoms with van der Waals surface area (Å²) in [5.74, 6) is 0. The lowest BCUT2D eigenvalue weighted by Gasteiger charge is -2.22. The zero-order valence-corrected chi connectivity index (χ0v) is 8.33. The first kappa shape index (κ1) is 10.9. The highest BCUT2D eigenvalue weighted by Crippen LogP contribution is 2.27. The van der Waals surface area contributed by atoms with Gasteiger partial charge in [-0.25, -0.2) is 4.39 Å². The van der Waals surface area contributed by atoms with E-state index in [1.54, 1.807) is 0 Å². The summed E-state index contributed by atoms with van der Waals surface area (Å²) < 4.78 is 12.0. The first-order valence-electron chi connectivity index (χ1n) is 4.67. The highest BCUT2D eigenvalue weighted by Gasteiger charge is 2.37. The van der Waals surface area contributed by atoms with Gasteiger partial charge in [0.1, 0.15) is 6.67 Å². The molecule has 1 saturated heterocycles. The van der Waals surface area contributed by atoms with Crippen LogP contribution in [0.3, 0.4) is 0 Å². The van der Waals surface area contributed by atoms with Crippen molar-refractivity contribution in [2.75, 3.05) is 26.3 Å². The van der Waals surface area contributed by atoms with Crippen LogP contribution >= 0.6 is 0 Å². The molecule has 0 amide bonds. The molecule has 78 valence electrons. The maximum Gasteiger partial charge on any atom is 0.117 e. The molecule has 13 heavy (non-hydrogen) atoms. The van der Waals surface area contributed by atoms with Crippen molar-refractivity contribution in [3.63, 3.8) is 0 Å². The van der Waals surface area contributed by atoms with Crippen LogP contribution in [0.15, 0.2) is 0 Å². The quantitative estimate of drug-likeness (QED) is 0.658. The summed E-state index contributed by atoms with van der Waals surface area (Å²) in [6, 6.07) is 0.124. The summed E-state index contributed by atoms with van der Waals surface area (Å²) in [7, 11) is 0. The largest absolute Gasteiger partial charge is 0.389 e. The molecule has 2 unspecified atom stereocenters. The van der Waals surface area contributed by atoms with Crippen molar-refractivity contribution in [1.29, 1.82) is 0 Å². The second-order valence-corrected chi connectivity index (χ2v) is 4.60. The maximum absolute atomic E-state index is 12.0. The van der Waals surface area contributed by atoms with Crippen LogP contribution in [0.4, 0.5) is 4.39 Å². The predicted octanol–water partition coefficient (Wildman–Crippen LogP) is -0.0141. The van der Waals surface area contributed by atoms with Gasteiger partial charge < -0.3 is 10.8 Å². The van der Waals surface area contributed by atoms with Gasteiger partial charge in [-0.2, -0.15) is 0 Å². The lowest BCUT2D eigenvalue weighted by Crippen LogP contribution is -2.35. The van der Waals surface area contributed by atoms with Crippen molar-refractivity contribution >= 4 is 0 Å². The van der Waals surface area contributed by atoms with Crippen molar-refractivity contribution < 1.29 is 9.50 Å². The van der Waals surface area contributed by atoms with Crippen LogP contribution in [0.1, 0.15) is 13.8 Å². The van der Waals surface area contributed by atoms with Gasteiger partial charge in [-0.3, -0.25) is 4.90 Å². The van der Waals surface area contributed by atoms with E-state index in [1.807, 2.05) is 4.90 Å². The predicted molar refractivity (Wildman–Crippen MR) is 50.2 cm³/mol. The Bertz CT molecular complexity index is 175. The molecule has 1 aliphatic rings. The molecule has 0 aromatic carbocycles. The van der Waals surface area contributed by atoms with Gasteiger partial charge in [-0.05, 0) is 5.41 Å². The third-order valence-corrected chi connectivity index (χ3v) is 2.74. The average Bonchev–Trinajstić information content (AvgIpc) is 2.25. The molecular formula is C9H19FN2O. The van der Waals surface area contributed by atoms with Gasteiger partial charge in [0.25, 0.3) is 0 Å². The van der Waals surface area contributed by atoms with Crippen LogP contribution in [-0.4, -0.2) is 48.5 Å². The fourth-order valence-electron chi connectivity index (χ4n) is 1.77. The minimum Gasteiger partial charge on any atom is -0.389 e. The van der Waals surface area contributed by atoms with Gasteiger partial charge in [-0.1, -0.05) is 13.8 Å². The van der Waals surface area contributed by atoms with Gasteiger partial charge in [-0.15, -0.1) is 0 Å². The number of nitrogens with zero attached hydrogens (tertiary/aromatic N) is 1. The van der Waals surface area contributed by atoms with Gasteiger partial charge in [0.15, 0.2) is 0 Å². The molecule has 1 aliphatic heterocycles. The van der Waals surface area contributed by atoms with E-state index >= 15 is 0 Å². The Morgan fingerprint density at radius 2 is 2.31 bits per heavy atom. The fraction of sp³-hybridized carbons (Fsp3) is 1.00. The summed E-state index contributed by atoms with van der Waals surface area (Å²) >= 11 is 0. The minimum atomic E-state index is -0.860. The Morgan fingerprint density at radius 3 is 2.69 bits per heavy atom. The summed E-state index contributed by atoms with van der Waals surface area (Å²) in [4.78, 5) is 2.02. The normalized spacial score (nSPS) is 30.7. The summed E-state index contributed by atoms with van der Waals surface area (Å²) in [6.45, 7) is 5.51. The van der Waals surface area contributed by atoms with Gasteiger partial charge in [0.2, 0.25) is 0 Å². The number of aliphatic hydroxyl groups excluding tert-OH is 1. The summed E-state index contributed by atoms with van der Waals surface area (Å²) in [5, 5.41) is 9.12. The molecule has 0 aromatic heterocycles. The van der Waals surface area contributed by atoms with E-state index in [0.717, 1.165) is 13.1 Å². The van der Waals surface area contributed by atoms with E-state index in [0.29, 0.717) is 6.54 Å². The lowest BCUT2D eigenvalue weighted by molar-refractivity contribution is 0.0957. The molecule has 1 fully saturated rings. The smallest absolute Gasteiger partial charge is 0.117 e. The summed E-state index contributed by atoms with van der Waals surface area (Å²) in [5.41, 5.74) is 5.98. The third kappa shape index (κ3) is 2.62. The number of β-amino-alcohol motifs (C(OH)–C–C–N with tert-alkyl or cyclic N) is 1. The SMILES string of the molecule is CC1(C)CN(CC(O)CF)CC1N. The van der Waals surface area contributed by atoms with Crippen molar-refractivity contribution in [1.82, 2.24) is 4.90 Å². The second-order valence-electron chi connectivity index (χ2n) is 4.60. The number of hydrogen-bond acceptors (Lipinski definition) is 3. The molecule has 0 saturated carbocycles. The Morgan fingerprint density at radius 1 is 1.69 bits per heavy atom.